The van der Waals surface area contributed by atoms with Crippen LogP contribution >= 0.6 is 24.0 Å². The highest BCUT2D eigenvalue weighted by molar-refractivity contribution is 8.26. The first-order valence-corrected chi connectivity index (χ1v) is 11.2. The molecule has 0 N–H and O–H groups in total. The van der Waals surface area contributed by atoms with Crippen LogP contribution in [0.4, 0.5) is 0 Å². The van der Waals surface area contributed by atoms with Gasteiger partial charge in [0, 0.05) is 29.7 Å². The third-order valence-electron chi connectivity index (χ3n) is 5.21. The molecule has 3 aromatic rings. The number of carbonyl (C=O) groups excluding carboxylic acids is 1. The largest absolute Gasteiger partial charge is 0.492 e. The van der Waals surface area contributed by atoms with Gasteiger partial charge in [0.2, 0.25) is 0 Å². The maximum absolute atomic E-state index is 12.4. The van der Waals surface area contributed by atoms with Crippen molar-refractivity contribution < 1.29 is 9.53 Å². The van der Waals surface area contributed by atoms with Crippen molar-refractivity contribution in [3.63, 3.8) is 0 Å². The maximum atomic E-state index is 12.4. The fourth-order valence-corrected chi connectivity index (χ4v) is 4.81. The summed E-state index contributed by atoms with van der Waals surface area (Å²) < 4.78 is 8.83. The van der Waals surface area contributed by atoms with Crippen LogP contribution in [-0.2, 0) is 17.8 Å². The Bertz CT molecular complexity index is 1160. The molecule has 0 atom stereocenters. The second-order valence-corrected chi connectivity index (χ2v) is 9.07. The van der Waals surface area contributed by atoms with Gasteiger partial charge in [0.25, 0.3) is 5.91 Å². The first kappa shape index (κ1) is 20.7. The van der Waals surface area contributed by atoms with Crippen molar-refractivity contribution in [3.8, 4) is 5.75 Å². The molecule has 1 aromatic heterocycles. The van der Waals surface area contributed by atoms with E-state index in [0.717, 1.165) is 35.2 Å². The Balaban J connectivity index is 1.56. The van der Waals surface area contributed by atoms with Crippen molar-refractivity contribution in [2.45, 2.75) is 26.8 Å². The Morgan fingerprint density at radius 3 is 2.73 bits per heavy atom. The van der Waals surface area contributed by atoms with Gasteiger partial charge < -0.3 is 9.30 Å². The zero-order chi connectivity index (χ0) is 21.3. The molecule has 0 aliphatic carbocycles. The summed E-state index contributed by atoms with van der Waals surface area (Å²) in [4.78, 5) is 14.6. The molecule has 2 aromatic carbocycles. The number of aryl methyl sites for hydroxylation is 2. The molecule has 1 aliphatic rings. The van der Waals surface area contributed by atoms with Gasteiger partial charge in [-0.15, -0.1) is 0 Å². The molecule has 2 heterocycles. The Labute approximate surface area is 186 Å². The zero-order valence-corrected chi connectivity index (χ0v) is 19.0. The van der Waals surface area contributed by atoms with Crippen LogP contribution in [0.1, 0.15) is 23.6 Å². The van der Waals surface area contributed by atoms with E-state index in [9.17, 15) is 4.79 Å². The summed E-state index contributed by atoms with van der Waals surface area (Å²) in [7, 11) is 1.72. The Morgan fingerprint density at radius 1 is 1.20 bits per heavy atom. The second-order valence-electron chi connectivity index (χ2n) is 7.39. The quantitative estimate of drug-likeness (QED) is 0.382. The van der Waals surface area contributed by atoms with Gasteiger partial charge in [0.05, 0.1) is 11.4 Å². The summed E-state index contributed by atoms with van der Waals surface area (Å²) in [5, 5.41) is 1.11. The first-order valence-electron chi connectivity index (χ1n) is 9.99. The average Bonchev–Trinajstić information content (AvgIpc) is 3.20. The molecule has 154 valence electrons. The van der Waals surface area contributed by atoms with E-state index in [-0.39, 0.29) is 5.91 Å². The molecule has 0 spiro atoms. The number of thiocarbonyl (C=S) groups is 1. The topological polar surface area (TPSA) is 34.5 Å². The summed E-state index contributed by atoms with van der Waals surface area (Å²) >= 11 is 6.60. The predicted molar refractivity (Wildman–Crippen MR) is 129 cm³/mol. The number of hydrogen-bond donors (Lipinski definition) is 0. The van der Waals surface area contributed by atoms with Crippen LogP contribution in [0.3, 0.4) is 0 Å². The van der Waals surface area contributed by atoms with Crippen molar-refractivity contribution in [2.24, 2.45) is 0 Å². The average molecular weight is 437 g/mol. The number of nitrogens with zero attached hydrogens (tertiary/aromatic N) is 2. The van der Waals surface area contributed by atoms with E-state index in [1.165, 1.54) is 27.8 Å². The van der Waals surface area contributed by atoms with Crippen LogP contribution in [0.5, 0.6) is 5.75 Å². The molecule has 30 heavy (non-hydrogen) atoms. The third kappa shape index (κ3) is 4.16. The molecular formula is C24H24N2O2S2. The highest BCUT2D eigenvalue weighted by atomic mass is 32.2. The molecule has 1 fully saturated rings. The number of thioether (sulfide) groups is 1. The number of ether oxygens (including phenoxy) is 1. The lowest BCUT2D eigenvalue weighted by molar-refractivity contribution is -0.121. The number of hydrogen-bond acceptors (Lipinski definition) is 4. The number of rotatable bonds is 6. The van der Waals surface area contributed by atoms with Gasteiger partial charge >= 0.3 is 0 Å². The SMILES string of the molecule is CCc1cc(C)cc(OCCn2cc(/C=C3\SC(=S)N(C)C3=O)c3ccccc32)c1. The van der Waals surface area contributed by atoms with Crippen LogP contribution in [0, 0.1) is 6.92 Å². The number of benzene rings is 2. The minimum Gasteiger partial charge on any atom is -0.492 e. The predicted octanol–water partition coefficient (Wildman–Crippen LogP) is 5.42. The molecule has 0 radical (unpaired) electrons. The van der Waals surface area contributed by atoms with Gasteiger partial charge in [0.1, 0.15) is 16.7 Å². The van der Waals surface area contributed by atoms with Gasteiger partial charge in [-0.3, -0.25) is 9.69 Å². The fourth-order valence-electron chi connectivity index (χ4n) is 3.64. The minimum atomic E-state index is -0.0451. The highest BCUT2D eigenvalue weighted by Crippen LogP contribution is 2.33. The molecule has 6 heteroatoms. The standard InChI is InChI=1S/C24H24N2O2S2/c1-4-17-11-16(2)12-19(13-17)28-10-9-26-15-18(20-7-5-6-8-21(20)26)14-22-23(27)25(3)24(29)30-22/h5-8,11-15H,4,9-10H2,1-3H3/b22-14-. The van der Waals surface area contributed by atoms with Crippen LogP contribution < -0.4 is 4.74 Å². The fraction of sp³-hybridized carbons (Fsp3) is 0.250. The number of aromatic nitrogens is 1. The van der Waals surface area contributed by atoms with Crippen molar-refractivity contribution in [1.29, 1.82) is 0 Å². The van der Waals surface area contributed by atoms with E-state index in [2.05, 4.69) is 54.9 Å². The summed E-state index contributed by atoms with van der Waals surface area (Å²) in [6, 6.07) is 14.6. The van der Waals surface area contributed by atoms with Crippen LogP contribution in [-0.4, -0.2) is 33.3 Å². The van der Waals surface area contributed by atoms with Crippen LogP contribution in [0.2, 0.25) is 0 Å². The van der Waals surface area contributed by atoms with Crippen LogP contribution in [0.25, 0.3) is 17.0 Å². The van der Waals surface area contributed by atoms with E-state index >= 15 is 0 Å². The summed E-state index contributed by atoms with van der Waals surface area (Å²) in [6.45, 7) is 5.54. The molecule has 1 saturated heterocycles. The van der Waals surface area contributed by atoms with E-state index < -0.39 is 0 Å². The van der Waals surface area contributed by atoms with E-state index in [4.69, 9.17) is 17.0 Å². The van der Waals surface area contributed by atoms with E-state index in [1.807, 2.05) is 18.2 Å². The van der Waals surface area contributed by atoms with Gasteiger partial charge in [-0.05, 0) is 48.7 Å². The molecule has 1 amide bonds. The minimum absolute atomic E-state index is 0.0451. The molecule has 1 aliphatic heterocycles. The summed E-state index contributed by atoms with van der Waals surface area (Å²) in [5.41, 5.74) is 4.64. The van der Waals surface area contributed by atoms with Gasteiger partial charge in [-0.2, -0.15) is 0 Å². The van der Waals surface area contributed by atoms with Crippen molar-refractivity contribution in [1.82, 2.24) is 9.47 Å². The summed E-state index contributed by atoms with van der Waals surface area (Å²) in [5.74, 6) is 0.867. The highest BCUT2D eigenvalue weighted by Gasteiger charge is 2.29. The van der Waals surface area contributed by atoms with E-state index in [0.29, 0.717) is 15.8 Å². The smallest absolute Gasteiger partial charge is 0.265 e. The third-order valence-corrected chi connectivity index (χ3v) is 6.70. The Morgan fingerprint density at radius 2 is 2.00 bits per heavy atom. The van der Waals surface area contributed by atoms with Crippen molar-refractivity contribution >= 4 is 51.2 Å². The van der Waals surface area contributed by atoms with Gasteiger partial charge in [-0.25, -0.2) is 0 Å². The van der Waals surface area contributed by atoms with Crippen LogP contribution in [0.15, 0.2) is 53.6 Å². The van der Waals surface area contributed by atoms with Crippen molar-refractivity contribution in [2.75, 3.05) is 13.7 Å². The normalized spacial score (nSPS) is 15.6. The van der Waals surface area contributed by atoms with Crippen molar-refractivity contribution in [3.05, 3.63) is 70.3 Å². The summed E-state index contributed by atoms with van der Waals surface area (Å²) in [6.07, 6.45) is 5.02. The number of fused-ring (bicyclic) bond motifs is 1. The Kier molecular flexibility index (Phi) is 5.97. The second kappa shape index (κ2) is 8.66. The molecule has 0 unspecified atom stereocenters. The first-order chi connectivity index (χ1) is 14.5. The van der Waals surface area contributed by atoms with Gasteiger partial charge in [0.15, 0.2) is 0 Å². The van der Waals surface area contributed by atoms with Gasteiger partial charge in [-0.1, -0.05) is 55.2 Å². The molecule has 0 saturated carbocycles. The lowest BCUT2D eigenvalue weighted by atomic mass is 10.1. The molecule has 4 rings (SSSR count). The maximum Gasteiger partial charge on any atom is 0.265 e. The molecular weight excluding hydrogens is 412 g/mol. The lowest BCUT2D eigenvalue weighted by Gasteiger charge is -2.10. The lowest BCUT2D eigenvalue weighted by Crippen LogP contribution is -2.22. The number of likely N-dealkylation sites (N-methyl/N-ethyl adjacent to an activating group) is 1. The Hall–Kier alpha value is -2.57. The zero-order valence-electron chi connectivity index (χ0n) is 17.3. The number of carbonyl (C=O) groups is 1. The molecule has 4 nitrogen and oxygen atoms in total. The number of amides is 1. The van der Waals surface area contributed by atoms with E-state index in [1.54, 1.807) is 7.05 Å². The molecule has 0 bridgehead atoms. The number of para-hydroxylation sites is 1. The monoisotopic (exact) mass is 436 g/mol.